The van der Waals surface area contributed by atoms with Gasteiger partial charge in [0.25, 0.3) is 0 Å². The summed E-state index contributed by atoms with van der Waals surface area (Å²) >= 11 is 20.2. The van der Waals surface area contributed by atoms with Crippen LogP contribution in [0.5, 0.6) is 0 Å². The fourth-order valence-corrected chi connectivity index (χ4v) is 5.38. The van der Waals surface area contributed by atoms with Gasteiger partial charge < -0.3 is 5.32 Å². The molecule has 0 saturated heterocycles. The number of nitrogens with zero attached hydrogens (tertiary/aromatic N) is 2. The van der Waals surface area contributed by atoms with E-state index in [1.807, 2.05) is 6.07 Å². The van der Waals surface area contributed by atoms with Crippen LogP contribution < -0.4 is 5.32 Å². The number of aromatic nitrogens is 2. The third-order valence-electron chi connectivity index (χ3n) is 4.22. The zero-order valence-corrected chi connectivity index (χ0v) is 18.0. The number of thioether (sulfide) groups is 1. The topological polar surface area (TPSA) is 46.9 Å². The Kier molecular flexibility index (Phi) is 7.40. The second-order valence-corrected chi connectivity index (χ2v) is 9.85. The quantitative estimate of drug-likeness (QED) is 0.351. The maximum Gasteiger partial charge on any atom is 0.230 e. The molecule has 1 amide bonds. The van der Waals surface area contributed by atoms with E-state index in [1.54, 1.807) is 16.8 Å². The lowest BCUT2D eigenvalue weighted by atomic mass is 10.1. The van der Waals surface area contributed by atoms with Gasteiger partial charge in [-0.05, 0) is 43.3 Å². The van der Waals surface area contributed by atoms with E-state index in [0.717, 1.165) is 22.9 Å². The Bertz CT molecular complexity index is 829. The summed E-state index contributed by atoms with van der Waals surface area (Å²) in [4.78, 5) is 12.2. The van der Waals surface area contributed by atoms with Gasteiger partial charge in [-0.1, -0.05) is 72.0 Å². The average molecular weight is 448 g/mol. The number of benzene rings is 1. The van der Waals surface area contributed by atoms with Gasteiger partial charge in [-0.15, -0.1) is 5.10 Å². The molecule has 1 heterocycles. The predicted molar refractivity (Wildman–Crippen MR) is 113 cm³/mol. The standard InChI is InChI=1S/C17H19Cl2N3OS3/c18-13-8-7-12(9-14(13)19)22-17(24)26-16(21-22)25-10-15(23)20-11-5-3-1-2-4-6-11/h7-9,11H,1-6,10H2,(H,20,23). The van der Waals surface area contributed by atoms with Crippen LogP contribution in [-0.4, -0.2) is 27.5 Å². The molecule has 0 aliphatic heterocycles. The zero-order valence-electron chi connectivity index (χ0n) is 14.0. The van der Waals surface area contributed by atoms with Crippen molar-refractivity contribution in [2.45, 2.75) is 48.9 Å². The minimum atomic E-state index is 0.0594. The molecule has 0 atom stereocenters. The number of hydrogen-bond donors (Lipinski definition) is 1. The minimum absolute atomic E-state index is 0.0594. The van der Waals surface area contributed by atoms with Crippen molar-refractivity contribution in [3.63, 3.8) is 0 Å². The van der Waals surface area contributed by atoms with Crippen molar-refractivity contribution in [3.05, 3.63) is 32.2 Å². The van der Waals surface area contributed by atoms with Crippen LogP contribution >= 0.6 is 58.5 Å². The Balaban J connectivity index is 1.59. The summed E-state index contributed by atoms with van der Waals surface area (Å²) < 4.78 is 3.01. The Morgan fingerprint density at radius 2 is 2.00 bits per heavy atom. The van der Waals surface area contributed by atoms with E-state index in [1.165, 1.54) is 48.8 Å². The van der Waals surface area contributed by atoms with Gasteiger partial charge in [-0.25, -0.2) is 4.68 Å². The molecule has 1 N–H and O–H groups in total. The summed E-state index contributed by atoms with van der Waals surface area (Å²) in [6.45, 7) is 0. The molecule has 1 saturated carbocycles. The molecule has 9 heteroatoms. The molecule has 2 aromatic rings. The van der Waals surface area contributed by atoms with E-state index < -0.39 is 0 Å². The summed E-state index contributed by atoms with van der Waals surface area (Å²) in [5.74, 6) is 0.407. The summed E-state index contributed by atoms with van der Waals surface area (Å²) in [5.41, 5.74) is 0.760. The molecule has 1 aromatic carbocycles. The number of hydrogen-bond acceptors (Lipinski definition) is 5. The van der Waals surface area contributed by atoms with Gasteiger partial charge >= 0.3 is 0 Å². The molecule has 0 bridgehead atoms. The first kappa shape index (κ1) is 20.1. The summed E-state index contributed by atoms with van der Waals surface area (Å²) in [5, 5.41) is 8.59. The van der Waals surface area contributed by atoms with Crippen molar-refractivity contribution in [2.24, 2.45) is 0 Å². The molecule has 1 aromatic heterocycles. The summed E-state index contributed by atoms with van der Waals surface area (Å²) in [7, 11) is 0. The van der Waals surface area contributed by atoms with Crippen LogP contribution in [-0.2, 0) is 4.79 Å². The van der Waals surface area contributed by atoms with Gasteiger partial charge in [0.15, 0.2) is 8.29 Å². The molecule has 3 rings (SSSR count). The van der Waals surface area contributed by atoms with E-state index in [9.17, 15) is 4.79 Å². The molecular weight excluding hydrogens is 429 g/mol. The van der Waals surface area contributed by atoms with Crippen LogP contribution in [0.4, 0.5) is 0 Å². The van der Waals surface area contributed by atoms with Gasteiger partial charge in [0, 0.05) is 6.04 Å². The van der Waals surface area contributed by atoms with Crippen LogP contribution in [0.15, 0.2) is 22.5 Å². The molecule has 0 radical (unpaired) electrons. The van der Waals surface area contributed by atoms with Gasteiger partial charge in [-0.3, -0.25) is 4.79 Å². The first-order valence-corrected chi connectivity index (χ1v) is 11.5. The predicted octanol–water partition coefficient (Wildman–Crippen LogP) is 5.90. The van der Waals surface area contributed by atoms with Crippen molar-refractivity contribution in [2.75, 3.05) is 5.75 Å². The highest BCUT2D eigenvalue weighted by molar-refractivity contribution is 8.01. The fourth-order valence-electron chi connectivity index (χ4n) is 2.92. The summed E-state index contributed by atoms with van der Waals surface area (Å²) in [6.07, 6.45) is 7.12. The average Bonchev–Trinajstić information content (AvgIpc) is 2.80. The number of carbonyl (C=O) groups is 1. The largest absolute Gasteiger partial charge is 0.353 e. The summed E-state index contributed by atoms with van der Waals surface area (Å²) in [6, 6.07) is 5.58. The first-order chi connectivity index (χ1) is 12.5. The van der Waals surface area contributed by atoms with Gasteiger partial charge in [0.05, 0.1) is 21.5 Å². The molecule has 4 nitrogen and oxygen atoms in total. The van der Waals surface area contributed by atoms with Crippen LogP contribution in [0.1, 0.15) is 38.5 Å². The van der Waals surface area contributed by atoms with Crippen molar-refractivity contribution in [1.82, 2.24) is 15.1 Å². The van der Waals surface area contributed by atoms with E-state index in [-0.39, 0.29) is 5.91 Å². The van der Waals surface area contributed by atoms with Crippen LogP contribution in [0, 0.1) is 3.95 Å². The maximum atomic E-state index is 12.2. The molecule has 0 spiro atoms. The monoisotopic (exact) mass is 447 g/mol. The van der Waals surface area contributed by atoms with Gasteiger partial charge in [0.2, 0.25) is 5.91 Å². The lowest BCUT2D eigenvalue weighted by Gasteiger charge is -2.15. The molecule has 1 aliphatic rings. The highest BCUT2D eigenvalue weighted by Gasteiger charge is 2.16. The lowest BCUT2D eigenvalue weighted by molar-refractivity contribution is -0.119. The van der Waals surface area contributed by atoms with E-state index in [2.05, 4.69) is 10.4 Å². The van der Waals surface area contributed by atoms with Gasteiger partial charge in [0.1, 0.15) is 0 Å². The normalized spacial score (nSPS) is 15.6. The fraction of sp³-hybridized carbons (Fsp3) is 0.471. The van der Waals surface area contributed by atoms with Crippen molar-refractivity contribution in [3.8, 4) is 5.69 Å². The number of amides is 1. The Morgan fingerprint density at radius 3 is 2.69 bits per heavy atom. The third kappa shape index (κ3) is 5.45. The minimum Gasteiger partial charge on any atom is -0.353 e. The van der Waals surface area contributed by atoms with Crippen molar-refractivity contribution < 1.29 is 4.79 Å². The van der Waals surface area contributed by atoms with Crippen LogP contribution in [0.3, 0.4) is 0 Å². The van der Waals surface area contributed by atoms with Crippen LogP contribution in [0.25, 0.3) is 5.69 Å². The van der Waals surface area contributed by atoms with E-state index >= 15 is 0 Å². The Hall–Kier alpha value is -0.600. The second kappa shape index (κ2) is 9.55. The van der Waals surface area contributed by atoms with Crippen molar-refractivity contribution in [1.29, 1.82) is 0 Å². The molecule has 0 unspecified atom stereocenters. The number of halogens is 2. The highest BCUT2D eigenvalue weighted by atomic mass is 35.5. The van der Waals surface area contributed by atoms with Gasteiger partial charge in [-0.2, -0.15) is 0 Å². The molecular formula is C17H19Cl2N3OS3. The van der Waals surface area contributed by atoms with E-state index in [0.29, 0.717) is 25.8 Å². The molecule has 26 heavy (non-hydrogen) atoms. The first-order valence-electron chi connectivity index (χ1n) is 8.50. The molecule has 1 fully saturated rings. The number of rotatable bonds is 5. The Morgan fingerprint density at radius 1 is 1.27 bits per heavy atom. The maximum absolute atomic E-state index is 12.2. The van der Waals surface area contributed by atoms with Crippen molar-refractivity contribution >= 4 is 64.4 Å². The molecule has 140 valence electrons. The zero-order chi connectivity index (χ0) is 18.5. The SMILES string of the molecule is O=C(CSc1nn(-c2ccc(Cl)c(Cl)c2)c(=S)s1)NC1CCCCCC1. The third-order valence-corrected chi connectivity index (χ3v) is 7.33. The number of nitrogens with one attached hydrogen (secondary N) is 1. The Labute approximate surface area is 176 Å². The highest BCUT2D eigenvalue weighted by Crippen LogP contribution is 2.28. The lowest BCUT2D eigenvalue weighted by Crippen LogP contribution is -2.35. The van der Waals surface area contributed by atoms with E-state index in [4.69, 9.17) is 35.4 Å². The smallest absolute Gasteiger partial charge is 0.230 e. The number of carbonyl (C=O) groups excluding carboxylic acids is 1. The second-order valence-electron chi connectivity index (χ2n) is 6.19. The molecule has 1 aliphatic carbocycles. The van der Waals surface area contributed by atoms with Crippen LogP contribution in [0.2, 0.25) is 10.0 Å².